The van der Waals surface area contributed by atoms with Crippen LogP contribution in [0.4, 0.5) is 0 Å². The van der Waals surface area contributed by atoms with Gasteiger partial charge in [-0.05, 0) is 44.4 Å². The van der Waals surface area contributed by atoms with Crippen LogP contribution in [-0.2, 0) is 0 Å². The van der Waals surface area contributed by atoms with Gasteiger partial charge in [0.05, 0.1) is 17.1 Å². The lowest BCUT2D eigenvalue weighted by atomic mass is 10.0. The molecule has 2 aromatic rings. The van der Waals surface area contributed by atoms with E-state index in [2.05, 4.69) is 66.4 Å². The maximum Gasteiger partial charge on any atom is 0.127 e. The van der Waals surface area contributed by atoms with E-state index in [0.29, 0.717) is 12.0 Å². The number of rotatable bonds is 4. The number of aromatic nitrogens is 2. The second-order valence-electron chi connectivity index (χ2n) is 5.80. The highest BCUT2D eigenvalue weighted by Crippen LogP contribution is 2.28. The largest absolute Gasteiger partial charge is 0.324 e. The summed E-state index contributed by atoms with van der Waals surface area (Å²) >= 11 is 3.50. The lowest BCUT2D eigenvalue weighted by Crippen LogP contribution is -2.19. The van der Waals surface area contributed by atoms with E-state index in [9.17, 15) is 0 Å². The minimum absolute atomic E-state index is 0.00595. The van der Waals surface area contributed by atoms with Crippen molar-refractivity contribution in [2.45, 2.75) is 46.2 Å². The van der Waals surface area contributed by atoms with Gasteiger partial charge >= 0.3 is 0 Å². The molecule has 1 atom stereocenters. The third-order valence-corrected chi connectivity index (χ3v) is 3.75. The molecule has 1 aromatic heterocycles. The van der Waals surface area contributed by atoms with Crippen LogP contribution in [0.5, 0.6) is 0 Å². The van der Waals surface area contributed by atoms with Crippen LogP contribution >= 0.6 is 15.9 Å². The van der Waals surface area contributed by atoms with E-state index in [1.54, 1.807) is 0 Å². The topological polar surface area (TPSA) is 43.8 Å². The van der Waals surface area contributed by atoms with E-state index in [1.165, 1.54) is 0 Å². The van der Waals surface area contributed by atoms with E-state index in [1.807, 2.05) is 0 Å². The van der Waals surface area contributed by atoms with E-state index in [4.69, 9.17) is 10.7 Å². The molecule has 4 heteroatoms. The number of nitrogens with zero attached hydrogens (tertiary/aromatic N) is 2. The molecule has 0 radical (unpaired) electrons. The maximum atomic E-state index is 6.34. The van der Waals surface area contributed by atoms with Crippen LogP contribution in [0.1, 0.15) is 52.0 Å². The number of hydrogen-bond donors (Lipinski definition) is 1. The highest BCUT2D eigenvalue weighted by Gasteiger charge is 2.19. The molecular formula is C15H22BrN3. The molecule has 1 unspecified atom stereocenters. The van der Waals surface area contributed by atoms with Crippen LogP contribution < -0.4 is 5.73 Å². The van der Waals surface area contributed by atoms with E-state index >= 15 is 0 Å². The SMILES string of the molecule is CC(C)CC(N)c1nc2cc(Br)ccc2n1C(C)C. The fraction of sp³-hybridized carbons (Fsp3) is 0.533. The summed E-state index contributed by atoms with van der Waals surface area (Å²) in [5.41, 5.74) is 8.51. The molecule has 0 bridgehead atoms. The molecule has 1 heterocycles. The second kappa shape index (κ2) is 5.63. The number of hydrogen-bond acceptors (Lipinski definition) is 2. The molecule has 0 saturated heterocycles. The quantitative estimate of drug-likeness (QED) is 0.904. The Balaban J connectivity index is 2.56. The Labute approximate surface area is 123 Å². The Hall–Kier alpha value is -0.870. The van der Waals surface area contributed by atoms with Crippen molar-refractivity contribution in [3.05, 3.63) is 28.5 Å². The Bertz CT molecular complexity index is 572. The number of halogens is 1. The van der Waals surface area contributed by atoms with Gasteiger partial charge in [-0.3, -0.25) is 0 Å². The molecule has 2 rings (SSSR count). The van der Waals surface area contributed by atoms with Gasteiger partial charge in [-0.15, -0.1) is 0 Å². The summed E-state index contributed by atoms with van der Waals surface area (Å²) in [6.07, 6.45) is 0.956. The molecule has 104 valence electrons. The lowest BCUT2D eigenvalue weighted by Gasteiger charge is -2.18. The standard InChI is InChI=1S/C15H22BrN3/c1-9(2)7-12(17)15-18-13-8-11(16)5-6-14(13)19(15)10(3)4/h5-6,8-10,12H,7,17H2,1-4H3. The van der Waals surface area contributed by atoms with Crippen molar-refractivity contribution < 1.29 is 0 Å². The van der Waals surface area contributed by atoms with Crippen molar-refractivity contribution in [2.75, 3.05) is 0 Å². The van der Waals surface area contributed by atoms with Gasteiger partial charge in [0, 0.05) is 10.5 Å². The van der Waals surface area contributed by atoms with Crippen LogP contribution in [0.3, 0.4) is 0 Å². The van der Waals surface area contributed by atoms with Crippen molar-refractivity contribution >= 4 is 27.0 Å². The van der Waals surface area contributed by atoms with Crippen molar-refractivity contribution in [1.29, 1.82) is 0 Å². The van der Waals surface area contributed by atoms with Gasteiger partial charge < -0.3 is 10.3 Å². The van der Waals surface area contributed by atoms with E-state index in [-0.39, 0.29) is 6.04 Å². The first-order chi connectivity index (χ1) is 8.90. The third-order valence-electron chi connectivity index (χ3n) is 3.25. The average Bonchev–Trinajstić information content (AvgIpc) is 2.66. The van der Waals surface area contributed by atoms with Crippen LogP contribution in [0.25, 0.3) is 11.0 Å². The summed E-state index contributed by atoms with van der Waals surface area (Å²) in [4.78, 5) is 4.76. The van der Waals surface area contributed by atoms with Crippen molar-refractivity contribution in [3.8, 4) is 0 Å². The van der Waals surface area contributed by atoms with Crippen LogP contribution in [-0.4, -0.2) is 9.55 Å². The predicted octanol–water partition coefficient (Wildman–Crippen LogP) is 4.43. The zero-order valence-corrected chi connectivity index (χ0v) is 13.6. The maximum absolute atomic E-state index is 6.34. The zero-order chi connectivity index (χ0) is 14.2. The summed E-state index contributed by atoms with van der Waals surface area (Å²) in [5, 5.41) is 0. The summed E-state index contributed by atoms with van der Waals surface area (Å²) in [6, 6.07) is 6.58. The van der Waals surface area contributed by atoms with E-state index < -0.39 is 0 Å². The monoisotopic (exact) mass is 323 g/mol. The lowest BCUT2D eigenvalue weighted by molar-refractivity contribution is 0.463. The van der Waals surface area contributed by atoms with E-state index in [0.717, 1.165) is 27.8 Å². The summed E-state index contributed by atoms with van der Waals surface area (Å²) in [7, 11) is 0. The van der Waals surface area contributed by atoms with Crippen molar-refractivity contribution in [2.24, 2.45) is 11.7 Å². The molecule has 2 N–H and O–H groups in total. The molecule has 0 spiro atoms. The molecular weight excluding hydrogens is 302 g/mol. The van der Waals surface area contributed by atoms with Gasteiger partial charge in [0.2, 0.25) is 0 Å². The molecule has 0 aliphatic carbocycles. The predicted molar refractivity (Wildman–Crippen MR) is 84.2 cm³/mol. The molecule has 3 nitrogen and oxygen atoms in total. The van der Waals surface area contributed by atoms with Gasteiger partial charge in [-0.2, -0.15) is 0 Å². The van der Waals surface area contributed by atoms with Crippen LogP contribution in [0.2, 0.25) is 0 Å². The minimum atomic E-state index is -0.00595. The highest BCUT2D eigenvalue weighted by molar-refractivity contribution is 9.10. The van der Waals surface area contributed by atoms with Gasteiger partial charge in [0.15, 0.2) is 0 Å². The van der Waals surface area contributed by atoms with Crippen LogP contribution in [0.15, 0.2) is 22.7 Å². The first-order valence-corrected chi connectivity index (χ1v) is 7.62. The molecule has 0 amide bonds. The van der Waals surface area contributed by atoms with Gasteiger partial charge in [-0.1, -0.05) is 29.8 Å². The normalized spacial score (nSPS) is 13.7. The Kier molecular flexibility index (Phi) is 4.31. The minimum Gasteiger partial charge on any atom is -0.324 e. The summed E-state index contributed by atoms with van der Waals surface area (Å²) in [5.74, 6) is 1.57. The molecule has 0 saturated carbocycles. The smallest absolute Gasteiger partial charge is 0.127 e. The second-order valence-corrected chi connectivity index (χ2v) is 6.72. The third kappa shape index (κ3) is 3.00. The Morgan fingerprint density at radius 2 is 1.95 bits per heavy atom. The number of imidazole rings is 1. The van der Waals surface area contributed by atoms with Crippen LogP contribution in [0, 0.1) is 5.92 Å². The first kappa shape index (κ1) is 14.5. The number of benzene rings is 1. The molecule has 0 fully saturated rings. The Morgan fingerprint density at radius 1 is 1.26 bits per heavy atom. The first-order valence-electron chi connectivity index (χ1n) is 6.83. The van der Waals surface area contributed by atoms with Gasteiger partial charge in [0.1, 0.15) is 5.82 Å². The molecule has 19 heavy (non-hydrogen) atoms. The van der Waals surface area contributed by atoms with Gasteiger partial charge in [-0.25, -0.2) is 4.98 Å². The molecule has 0 aliphatic rings. The highest BCUT2D eigenvalue weighted by atomic mass is 79.9. The van der Waals surface area contributed by atoms with Gasteiger partial charge in [0.25, 0.3) is 0 Å². The molecule has 1 aromatic carbocycles. The zero-order valence-electron chi connectivity index (χ0n) is 12.0. The Morgan fingerprint density at radius 3 is 2.53 bits per heavy atom. The summed E-state index contributed by atoms with van der Waals surface area (Å²) in [6.45, 7) is 8.74. The number of fused-ring (bicyclic) bond motifs is 1. The average molecular weight is 324 g/mol. The number of nitrogens with two attached hydrogens (primary N) is 1. The summed E-state index contributed by atoms with van der Waals surface area (Å²) < 4.78 is 3.31. The molecule has 0 aliphatic heterocycles. The van der Waals surface area contributed by atoms with Crippen molar-refractivity contribution in [1.82, 2.24) is 9.55 Å². The fourth-order valence-electron chi connectivity index (χ4n) is 2.51. The van der Waals surface area contributed by atoms with Crippen molar-refractivity contribution in [3.63, 3.8) is 0 Å². The fourth-order valence-corrected chi connectivity index (χ4v) is 2.86.